The molecule has 1 unspecified atom stereocenters. The smallest absolute Gasteiger partial charge is 0.173 e. The van der Waals surface area contributed by atoms with Gasteiger partial charge in [-0.3, -0.25) is 9.59 Å². The van der Waals surface area contributed by atoms with Crippen LogP contribution in [-0.4, -0.2) is 23.8 Å². The molecule has 0 aromatic heterocycles. The van der Waals surface area contributed by atoms with Gasteiger partial charge in [0, 0.05) is 46.9 Å². The molecule has 1 aliphatic heterocycles. The molecule has 1 aromatic rings. The number of allylic oxidation sites excluding steroid dienone is 4. The number of carbonyl (C=O) groups is 2. The Hall–Kier alpha value is -2.08. The van der Waals surface area contributed by atoms with Crippen molar-refractivity contribution < 1.29 is 24.2 Å². The second kappa shape index (κ2) is 6.98. The Balaban J connectivity index is 2.00. The minimum atomic E-state index is -0.651. The van der Waals surface area contributed by atoms with Crippen molar-refractivity contribution in [2.24, 2.45) is 10.8 Å². The Bertz CT molecular complexity index is 1030. The number of halogens is 1. The van der Waals surface area contributed by atoms with Gasteiger partial charge in [0.05, 0.1) is 13.0 Å². The highest BCUT2D eigenvalue weighted by atomic mass is 79.9. The average molecular weight is 475 g/mol. The standard InChI is InChI=1S/C24H27BrO5/c1-23(2)8-14(26)20(15(27)9-23)19-13-6-12(25)7-17(29-5)22(13)30-18-11-24(3,4)10-16(28)21(18)19/h6-7,19,26H,8-11H2,1-5H3. The van der Waals surface area contributed by atoms with E-state index in [-0.39, 0.29) is 28.2 Å². The van der Waals surface area contributed by atoms with Gasteiger partial charge in [-0.2, -0.15) is 0 Å². The van der Waals surface area contributed by atoms with Gasteiger partial charge in [-0.15, -0.1) is 0 Å². The van der Waals surface area contributed by atoms with Crippen LogP contribution in [0.25, 0.3) is 0 Å². The number of methoxy groups -OCH3 is 1. The van der Waals surface area contributed by atoms with E-state index in [0.29, 0.717) is 59.7 Å². The first-order valence-electron chi connectivity index (χ1n) is 10.2. The van der Waals surface area contributed by atoms with Gasteiger partial charge in [-0.25, -0.2) is 0 Å². The van der Waals surface area contributed by atoms with Crippen molar-refractivity contribution in [3.8, 4) is 11.5 Å². The first kappa shape index (κ1) is 21.2. The Morgan fingerprint density at radius 2 is 1.60 bits per heavy atom. The minimum absolute atomic E-state index is 0.0335. The van der Waals surface area contributed by atoms with Crippen molar-refractivity contribution in [2.75, 3.05) is 7.11 Å². The normalized spacial score (nSPS) is 24.9. The zero-order valence-corrected chi connectivity index (χ0v) is 19.6. The molecule has 0 saturated heterocycles. The van der Waals surface area contributed by atoms with Gasteiger partial charge in [0.25, 0.3) is 0 Å². The number of carbonyl (C=O) groups excluding carboxylic acids is 2. The summed E-state index contributed by atoms with van der Waals surface area (Å²) in [6.45, 7) is 8.00. The van der Waals surface area contributed by atoms with E-state index in [1.54, 1.807) is 13.2 Å². The summed E-state index contributed by atoms with van der Waals surface area (Å²) >= 11 is 3.50. The van der Waals surface area contributed by atoms with E-state index in [0.717, 1.165) is 4.47 Å². The topological polar surface area (TPSA) is 72.8 Å². The summed E-state index contributed by atoms with van der Waals surface area (Å²) in [6, 6.07) is 3.66. The van der Waals surface area contributed by atoms with Gasteiger partial charge in [0.15, 0.2) is 23.1 Å². The van der Waals surface area contributed by atoms with Crippen LogP contribution in [0.5, 0.6) is 11.5 Å². The first-order valence-corrected chi connectivity index (χ1v) is 11.0. The summed E-state index contributed by atoms with van der Waals surface area (Å²) in [5.41, 5.74) is 0.928. The Morgan fingerprint density at radius 3 is 2.20 bits per heavy atom. The molecule has 4 rings (SSSR count). The van der Waals surface area contributed by atoms with Gasteiger partial charge in [-0.1, -0.05) is 43.6 Å². The van der Waals surface area contributed by atoms with E-state index in [1.165, 1.54) is 0 Å². The Kier molecular flexibility index (Phi) is 4.92. The lowest BCUT2D eigenvalue weighted by atomic mass is 9.66. The van der Waals surface area contributed by atoms with Crippen LogP contribution in [0.3, 0.4) is 0 Å². The van der Waals surface area contributed by atoms with E-state index < -0.39 is 5.92 Å². The Labute approximate surface area is 185 Å². The van der Waals surface area contributed by atoms with Gasteiger partial charge >= 0.3 is 0 Å². The fraction of sp³-hybridized carbons (Fsp3) is 0.500. The maximum absolute atomic E-state index is 13.3. The molecule has 1 N–H and O–H groups in total. The number of Topliss-reactive ketones (excluding diaryl/α,β-unsaturated/α-hetero) is 2. The summed E-state index contributed by atoms with van der Waals surface area (Å²) in [7, 11) is 1.56. The zero-order valence-electron chi connectivity index (χ0n) is 18.0. The second-order valence-corrected chi connectivity index (χ2v) is 11.1. The third-order valence-corrected chi connectivity index (χ3v) is 6.62. The fourth-order valence-corrected chi connectivity index (χ4v) is 5.42. The number of fused-ring (bicyclic) bond motifs is 1. The molecule has 0 spiro atoms. The molecule has 0 amide bonds. The van der Waals surface area contributed by atoms with Gasteiger partial charge in [0.1, 0.15) is 11.5 Å². The number of rotatable bonds is 2. The quantitative estimate of drug-likeness (QED) is 0.587. The van der Waals surface area contributed by atoms with Crippen molar-refractivity contribution in [2.45, 2.75) is 59.3 Å². The molecule has 6 heteroatoms. The van der Waals surface area contributed by atoms with E-state index in [1.807, 2.05) is 33.8 Å². The molecule has 0 radical (unpaired) electrons. The molecule has 1 heterocycles. The largest absolute Gasteiger partial charge is 0.512 e. The molecule has 1 aromatic carbocycles. The van der Waals surface area contributed by atoms with Crippen molar-refractivity contribution in [3.63, 3.8) is 0 Å². The first-order chi connectivity index (χ1) is 13.9. The van der Waals surface area contributed by atoms with Crippen LogP contribution in [0.15, 0.2) is 39.3 Å². The van der Waals surface area contributed by atoms with Crippen LogP contribution in [0.1, 0.15) is 64.9 Å². The lowest BCUT2D eigenvalue weighted by Gasteiger charge is -2.40. The monoisotopic (exact) mass is 474 g/mol. The third kappa shape index (κ3) is 3.49. The Morgan fingerprint density at radius 1 is 1.00 bits per heavy atom. The van der Waals surface area contributed by atoms with Crippen molar-refractivity contribution in [3.05, 3.63) is 44.8 Å². The number of aliphatic hydroxyl groups excluding tert-OH is 1. The number of ether oxygens (including phenoxy) is 2. The molecule has 5 nitrogen and oxygen atoms in total. The maximum atomic E-state index is 13.3. The fourth-order valence-electron chi connectivity index (χ4n) is 4.96. The lowest BCUT2D eigenvalue weighted by molar-refractivity contribution is -0.119. The van der Waals surface area contributed by atoms with Crippen molar-refractivity contribution in [1.29, 1.82) is 0 Å². The number of benzene rings is 1. The molecular weight excluding hydrogens is 448 g/mol. The summed E-state index contributed by atoms with van der Waals surface area (Å²) in [4.78, 5) is 26.5. The number of ketones is 2. The summed E-state index contributed by atoms with van der Waals surface area (Å²) < 4.78 is 12.6. The molecular formula is C24H27BrO5. The van der Waals surface area contributed by atoms with Gasteiger partial charge < -0.3 is 14.6 Å². The zero-order chi connectivity index (χ0) is 22.0. The number of hydrogen-bond donors (Lipinski definition) is 1. The van der Waals surface area contributed by atoms with Crippen LogP contribution >= 0.6 is 15.9 Å². The summed E-state index contributed by atoms with van der Waals surface area (Å²) in [5.74, 6) is 0.870. The minimum Gasteiger partial charge on any atom is -0.512 e. The highest BCUT2D eigenvalue weighted by Gasteiger charge is 2.47. The highest BCUT2D eigenvalue weighted by molar-refractivity contribution is 9.10. The van der Waals surface area contributed by atoms with Gasteiger partial charge in [0.2, 0.25) is 0 Å². The van der Waals surface area contributed by atoms with Gasteiger partial charge in [-0.05, 0) is 23.0 Å². The molecule has 2 aliphatic carbocycles. The van der Waals surface area contributed by atoms with E-state index in [4.69, 9.17) is 9.47 Å². The predicted molar refractivity (Wildman–Crippen MR) is 117 cm³/mol. The predicted octanol–water partition coefficient (Wildman–Crippen LogP) is 5.78. The maximum Gasteiger partial charge on any atom is 0.173 e. The molecule has 0 saturated carbocycles. The molecule has 160 valence electrons. The number of aliphatic hydroxyl groups is 1. The summed E-state index contributed by atoms with van der Waals surface area (Å²) in [5, 5.41) is 11.0. The van der Waals surface area contributed by atoms with Crippen LogP contribution < -0.4 is 9.47 Å². The lowest BCUT2D eigenvalue weighted by Crippen LogP contribution is -2.36. The molecule has 1 atom stereocenters. The van der Waals surface area contributed by atoms with Crippen molar-refractivity contribution >= 4 is 27.5 Å². The van der Waals surface area contributed by atoms with E-state index in [9.17, 15) is 14.7 Å². The summed E-state index contributed by atoms with van der Waals surface area (Å²) in [6.07, 6.45) is 1.68. The number of hydrogen-bond acceptors (Lipinski definition) is 5. The van der Waals surface area contributed by atoms with E-state index >= 15 is 0 Å². The molecule has 3 aliphatic rings. The van der Waals surface area contributed by atoms with Crippen LogP contribution in [0, 0.1) is 10.8 Å². The molecule has 0 fully saturated rings. The second-order valence-electron chi connectivity index (χ2n) is 10.1. The third-order valence-electron chi connectivity index (χ3n) is 6.16. The average Bonchev–Trinajstić information content (AvgIpc) is 2.58. The molecule has 30 heavy (non-hydrogen) atoms. The van der Waals surface area contributed by atoms with Crippen molar-refractivity contribution in [1.82, 2.24) is 0 Å². The SMILES string of the molecule is COc1cc(Br)cc2c1OC1=C(C(=O)CC(C)(C)C1)C2C1=C(O)CC(C)(C)CC1=O. The highest BCUT2D eigenvalue weighted by Crippen LogP contribution is 2.55. The van der Waals surface area contributed by atoms with E-state index in [2.05, 4.69) is 15.9 Å². The van der Waals surface area contributed by atoms with Crippen LogP contribution in [0.2, 0.25) is 0 Å². The van der Waals surface area contributed by atoms with Crippen LogP contribution in [0.4, 0.5) is 0 Å². The van der Waals surface area contributed by atoms with Crippen LogP contribution in [-0.2, 0) is 9.59 Å². The molecule has 0 bridgehead atoms.